The molecule has 2 N–H and O–H groups in total. The Hall–Kier alpha value is -1.33. The van der Waals surface area contributed by atoms with Gasteiger partial charge >= 0.3 is 7.12 Å². The molecule has 1 aromatic carbocycles. The highest BCUT2D eigenvalue weighted by Gasteiger charge is 2.18. The molecule has 0 aliphatic heterocycles. The van der Waals surface area contributed by atoms with Crippen molar-refractivity contribution in [3.8, 4) is 0 Å². The summed E-state index contributed by atoms with van der Waals surface area (Å²) in [7, 11) is -1.44. The molecular formula is C11H15BN2O2. The number of benzene rings is 1. The summed E-state index contributed by atoms with van der Waals surface area (Å²) in [5.74, 6) is 0. The van der Waals surface area contributed by atoms with Crippen molar-refractivity contribution in [2.45, 2.75) is 26.3 Å². The van der Waals surface area contributed by atoms with Crippen molar-refractivity contribution < 1.29 is 10.0 Å². The first-order valence-corrected chi connectivity index (χ1v) is 5.23. The largest absolute Gasteiger partial charge is 0.488 e. The molecule has 0 aliphatic carbocycles. The van der Waals surface area contributed by atoms with E-state index in [9.17, 15) is 0 Å². The fraction of sp³-hybridized carbons (Fsp3) is 0.364. The smallest absolute Gasteiger partial charge is 0.423 e. The molecule has 0 amide bonds. The maximum absolute atomic E-state index is 9.14. The van der Waals surface area contributed by atoms with Crippen LogP contribution in [0.3, 0.4) is 0 Å². The van der Waals surface area contributed by atoms with Crippen molar-refractivity contribution in [3.63, 3.8) is 0 Å². The minimum Gasteiger partial charge on any atom is -0.423 e. The van der Waals surface area contributed by atoms with E-state index in [0.717, 1.165) is 11.0 Å². The van der Waals surface area contributed by atoms with Crippen molar-refractivity contribution in [1.29, 1.82) is 0 Å². The van der Waals surface area contributed by atoms with Gasteiger partial charge in [-0.05, 0) is 38.4 Å². The van der Waals surface area contributed by atoms with Crippen LogP contribution in [0.5, 0.6) is 0 Å². The second-order valence-corrected chi connectivity index (χ2v) is 4.91. The highest BCUT2D eigenvalue weighted by molar-refractivity contribution is 6.58. The molecule has 4 nitrogen and oxygen atoms in total. The molecule has 0 radical (unpaired) electrons. The Morgan fingerprint density at radius 2 is 1.94 bits per heavy atom. The molecule has 0 aliphatic rings. The Morgan fingerprint density at radius 3 is 2.50 bits per heavy atom. The number of hydrogen-bond acceptors (Lipinski definition) is 3. The van der Waals surface area contributed by atoms with Gasteiger partial charge in [-0.25, -0.2) is 4.98 Å². The summed E-state index contributed by atoms with van der Waals surface area (Å²) >= 11 is 0. The zero-order valence-corrected chi connectivity index (χ0v) is 9.68. The highest BCUT2D eigenvalue weighted by Crippen LogP contribution is 2.20. The van der Waals surface area contributed by atoms with Crippen molar-refractivity contribution in [1.82, 2.24) is 9.55 Å². The highest BCUT2D eigenvalue weighted by atomic mass is 16.4. The Balaban J connectivity index is 2.65. The van der Waals surface area contributed by atoms with E-state index in [-0.39, 0.29) is 5.54 Å². The molecule has 0 fully saturated rings. The predicted molar refractivity (Wildman–Crippen MR) is 64.6 cm³/mol. The molecule has 0 unspecified atom stereocenters. The van der Waals surface area contributed by atoms with Crippen LogP contribution in [0.4, 0.5) is 0 Å². The number of hydrogen-bond donors (Lipinski definition) is 2. The van der Waals surface area contributed by atoms with Crippen molar-refractivity contribution in [2.75, 3.05) is 0 Å². The molecule has 2 aromatic rings. The van der Waals surface area contributed by atoms with Gasteiger partial charge in [0.2, 0.25) is 0 Å². The summed E-state index contributed by atoms with van der Waals surface area (Å²) in [5.41, 5.74) is 2.18. The molecule has 0 spiro atoms. The minimum atomic E-state index is -1.44. The van der Waals surface area contributed by atoms with Gasteiger partial charge in [-0.1, -0.05) is 6.07 Å². The molecule has 0 atom stereocenters. The summed E-state index contributed by atoms with van der Waals surface area (Å²) in [4.78, 5) is 4.29. The number of rotatable bonds is 1. The van der Waals surface area contributed by atoms with Gasteiger partial charge in [0.15, 0.2) is 0 Å². The van der Waals surface area contributed by atoms with E-state index < -0.39 is 7.12 Å². The topological polar surface area (TPSA) is 58.3 Å². The molecular weight excluding hydrogens is 203 g/mol. The van der Waals surface area contributed by atoms with Crippen molar-refractivity contribution in [2.24, 2.45) is 0 Å². The van der Waals surface area contributed by atoms with E-state index in [4.69, 9.17) is 10.0 Å². The van der Waals surface area contributed by atoms with Gasteiger partial charge in [0.25, 0.3) is 0 Å². The average molecular weight is 218 g/mol. The summed E-state index contributed by atoms with van der Waals surface area (Å²) < 4.78 is 2.02. The van der Waals surface area contributed by atoms with Gasteiger partial charge in [0.05, 0.1) is 17.4 Å². The molecule has 0 saturated carbocycles. The van der Waals surface area contributed by atoms with Gasteiger partial charge in [-0.15, -0.1) is 0 Å². The van der Waals surface area contributed by atoms with E-state index in [1.54, 1.807) is 24.5 Å². The lowest BCUT2D eigenvalue weighted by atomic mass is 9.80. The van der Waals surface area contributed by atoms with Gasteiger partial charge in [-0.2, -0.15) is 0 Å². The molecule has 84 valence electrons. The lowest BCUT2D eigenvalue weighted by Gasteiger charge is -2.21. The Labute approximate surface area is 94.7 Å². The normalized spacial score (nSPS) is 12.1. The number of nitrogens with zero attached hydrogens (tertiary/aromatic N) is 2. The second kappa shape index (κ2) is 3.61. The SMILES string of the molecule is CC(C)(C)n1cnc2ccc(B(O)O)cc21. The van der Waals surface area contributed by atoms with E-state index in [2.05, 4.69) is 25.8 Å². The third-order valence-corrected chi connectivity index (χ3v) is 2.59. The molecule has 1 heterocycles. The molecule has 1 aromatic heterocycles. The van der Waals surface area contributed by atoms with Crippen LogP contribution in [-0.4, -0.2) is 26.7 Å². The molecule has 0 bridgehead atoms. The second-order valence-electron chi connectivity index (χ2n) is 4.91. The molecule has 5 heteroatoms. The third-order valence-electron chi connectivity index (χ3n) is 2.59. The molecule has 16 heavy (non-hydrogen) atoms. The van der Waals surface area contributed by atoms with E-state index >= 15 is 0 Å². The van der Waals surface area contributed by atoms with E-state index in [0.29, 0.717) is 5.46 Å². The average Bonchev–Trinajstić information content (AvgIpc) is 2.58. The first kappa shape index (κ1) is 11.2. The van der Waals surface area contributed by atoms with Gasteiger partial charge in [-0.3, -0.25) is 0 Å². The summed E-state index contributed by atoms with van der Waals surface area (Å²) in [6, 6.07) is 5.23. The van der Waals surface area contributed by atoms with Crippen LogP contribution in [0.1, 0.15) is 20.8 Å². The zero-order valence-electron chi connectivity index (χ0n) is 9.68. The van der Waals surface area contributed by atoms with E-state index in [1.807, 2.05) is 4.57 Å². The first-order chi connectivity index (χ1) is 7.39. The van der Waals surface area contributed by atoms with Crippen LogP contribution in [0, 0.1) is 0 Å². The van der Waals surface area contributed by atoms with Gasteiger partial charge in [0.1, 0.15) is 0 Å². The quantitative estimate of drug-likeness (QED) is 0.684. The summed E-state index contributed by atoms with van der Waals surface area (Å²) in [6.07, 6.45) is 1.78. The lowest BCUT2D eigenvalue weighted by Crippen LogP contribution is -2.30. The fourth-order valence-corrected chi connectivity index (χ4v) is 1.72. The third kappa shape index (κ3) is 1.84. The zero-order chi connectivity index (χ0) is 11.9. The van der Waals surface area contributed by atoms with Crippen LogP contribution in [0.15, 0.2) is 24.5 Å². The maximum atomic E-state index is 9.14. The monoisotopic (exact) mass is 218 g/mol. The molecule has 0 saturated heterocycles. The summed E-state index contributed by atoms with van der Waals surface area (Å²) in [6.45, 7) is 6.24. The molecule has 2 rings (SSSR count). The lowest BCUT2D eigenvalue weighted by molar-refractivity contribution is 0.408. The Kier molecular flexibility index (Phi) is 2.52. The van der Waals surface area contributed by atoms with Crippen LogP contribution in [-0.2, 0) is 5.54 Å². The number of aromatic nitrogens is 2. The predicted octanol–water partition coefficient (Wildman–Crippen LogP) is 0.471. The minimum absolute atomic E-state index is 0.0756. The number of imidazole rings is 1. The fourth-order valence-electron chi connectivity index (χ4n) is 1.72. The number of fused-ring (bicyclic) bond motifs is 1. The van der Waals surface area contributed by atoms with Gasteiger partial charge in [0, 0.05) is 5.54 Å². The van der Waals surface area contributed by atoms with Crippen LogP contribution in [0.2, 0.25) is 0 Å². The van der Waals surface area contributed by atoms with Crippen molar-refractivity contribution in [3.05, 3.63) is 24.5 Å². The van der Waals surface area contributed by atoms with Crippen molar-refractivity contribution >= 4 is 23.6 Å². The first-order valence-electron chi connectivity index (χ1n) is 5.23. The Morgan fingerprint density at radius 1 is 1.25 bits per heavy atom. The van der Waals surface area contributed by atoms with Crippen LogP contribution < -0.4 is 5.46 Å². The standard InChI is InChI=1S/C11H15BN2O2/c1-11(2,3)14-7-13-9-5-4-8(12(15)16)6-10(9)14/h4-7,15-16H,1-3H3. The Bertz CT molecular complexity index is 514. The van der Waals surface area contributed by atoms with E-state index in [1.165, 1.54) is 0 Å². The van der Waals surface area contributed by atoms with Crippen LogP contribution in [0.25, 0.3) is 11.0 Å². The maximum Gasteiger partial charge on any atom is 0.488 e. The van der Waals surface area contributed by atoms with Gasteiger partial charge < -0.3 is 14.6 Å². The van der Waals surface area contributed by atoms with Crippen LogP contribution >= 0.6 is 0 Å². The summed E-state index contributed by atoms with van der Waals surface area (Å²) in [5, 5.41) is 18.3.